The van der Waals surface area contributed by atoms with Gasteiger partial charge in [-0.3, -0.25) is 9.59 Å². The second-order valence-electron chi connectivity index (χ2n) is 7.50. The molecule has 5 rings (SSSR count). The molecule has 2 N–H and O–H groups in total. The van der Waals surface area contributed by atoms with Crippen molar-refractivity contribution in [2.24, 2.45) is 0 Å². The van der Waals surface area contributed by atoms with Gasteiger partial charge in [-0.05, 0) is 42.5 Å². The van der Waals surface area contributed by atoms with Crippen LogP contribution in [0.25, 0.3) is 16.6 Å². The highest BCUT2D eigenvalue weighted by molar-refractivity contribution is 5.83. The van der Waals surface area contributed by atoms with Crippen molar-refractivity contribution in [1.82, 2.24) is 19.7 Å². The molecule has 6 heteroatoms. The lowest BCUT2D eigenvalue weighted by Gasteiger charge is -2.16. The molecule has 140 valence electrons. The van der Waals surface area contributed by atoms with Crippen LogP contribution in [0.3, 0.4) is 0 Å². The molecule has 0 aliphatic carbocycles. The van der Waals surface area contributed by atoms with E-state index in [2.05, 4.69) is 10.3 Å². The summed E-state index contributed by atoms with van der Waals surface area (Å²) in [6.07, 6.45) is 2.23. The summed E-state index contributed by atoms with van der Waals surface area (Å²) in [5.74, 6) is -0.434. The number of aryl methyl sites for hydroxylation is 2. The number of aromatic nitrogens is 3. The number of hydrogen-bond donors (Lipinski definition) is 2. The van der Waals surface area contributed by atoms with E-state index >= 15 is 0 Å². The van der Waals surface area contributed by atoms with E-state index in [1.165, 1.54) is 0 Å². The van der Waals surface area contributed by atoms with Crippen molar-refractivity contribution in [3.63, 3.8) is 0 Å². The van der Waals surface area contributed by atoms with Gasteiger partial charge in [0.25, 0.3) is 5.56 Å². The molecule has 0 radical (unpaired) electrons. The Labute approximate surface area is 161 Å². The number of carbonyl (C=O) groups is 1. The Morgan fingerprint density at radius 3 is 2.86 bits per heavy atom. The fourth-order valence-corrected chi connectivity index (χ4v) is 4.17. The number of rotatable bonds is 1. The molecular formula is C22H20N4O2. The third-order valence-electron chi connectivity index (χ3n) is 5.54. The number of fused-ring (bicyclic) bond motifs is 4. The fourth-order valence-electron chi connectivity index (χ4n) is 4.17. The van der Waals surface area contributed by atoms with Crippen molar-refractivity contribution >= 4 is 22.5 Å². The first kappa shape index (κ1) is 16.7. The summed E-state index contributed by atoms with van der Waals surface area (Å²) in [4.78, 5) is 33.2. The Morgan fingerprint density at radius 1 is 1.14 bits per heavy atom. The minimum atomic E-state index is -0.358. The molecule has 28 heavy (non-hydrogen) atoms. The Balaban J connectivity index is 1.80. The molecule has 1 atom stereocenters. The highest BCUT2D eigenvalue weighted by Crippen LogP contribution is 2.33. The fraction of sp³-hybridized carbons (Fsp3) is 0.227. The van der Waals surface area contributed by atoms with Crippen LogP contribution >= 0.6 is 0 Å². The van der Waals surface area contributed by atoms with E-state index < -0.39 is 0 Å². The van der Waals surface area contributed by atoms with Gasteiger partial charge in [-0.25, -0.2) is 4.98 Å². The first-order valence-electron chi connectivity index (χ1n) is 9.38. The van der Waals surface area contributed by atoms with Crippen molar-refractivity contribution in [3.05, 3.63) is 81.0 Å². The number of hydrogen-bond acceptors (Lipinski definition) is 3. The molecule has 3 aromatic heterocycles. The maximum absolute atomic E-state index is 13.0. The normalized spacial score (nSPS) is 16.8. The molecule has 0 fully saturated rings. The molecule has 4 heterocycles. The average molecular weight is 372 g/mol. The summed E-state index contributed by atoms with van der Waals surface area (Å²) in [5.41, 5.74) is 5.94. The molecule has 1 aromatic carbocycles. The number of benzene rings is 1. The highest BCUT2D eigenvalue weighted by Gasteiger charge is 2.30. The first-order valence-corrected chi connectivity index (χ1v) is 9.38. The number of nitrogens with zero attached hydrogens (tertiary/aromatic N) is 2. The largest absolute Gasteiger partial charge is 0.350 e. The third-order valence-corrected chi connectivity index (χ3v) is 5.54. The zero-order valence-corrected chi connectivity index (χ0v) is 15.7. The van der Waals surface area contributed by atoms with Gasteiger partial charge < -0.3 is 14.7 Å². The van der Waals surface area contributed by atoms with Crippen molar-refractivity contribution in [3.8, 4) is 0 Å². The second-order valence-corrected chi connectivity index (χ2v) is 7.50. The van der Waals surface area contributed by atoms with Crippen LogP contribution < -0.4 is 10.9 Å². The van der Waals surface area contributed by atoms with Gasteiger partial charge in [-0.2, -0.15) is 0 Å². The van der Waals surface area contributed by atoms with Crippen molar-refractivity contribution in [2.45, 2.75) is 32.7 Å². The number of carbonyl (C=O) groups excluding carboxylic acids is 1. The monoisotopic (exact) mass is 372 g/mol. The molecular weight excluding hydrogens is 352 g/mol. The maximum Gasteiger partial charge on any atom is 0.252 e. The lowest BCUT2D eigenvalue weighted by atomic mass is 9.91. The lowest BCUT2D eigenvalue weighted by Crippen LogP contribution is -2.24. The number of pyridine rings is 2. The smallest absolute Gasteiger partial charge is 0.252 e. The summed E-state index contributed by atoms with van der Waals surface area (Å²) in [7, 11) is 0. The van der Waals surface area contributed by atoms with Crippen LogP contribution in [0.1, 0.15) is 40.4 Å². The standard InChI is InChI=1S/C22H20N4O2/c1-12-6-7-18-24-17-10-23-19(27)9-15(21(17)26(18)11-12)16-8-14-5-3-4-13(2)20(14)25-22(16)28/h3-8,11,15H,9-10H2,1-2H3,(H,23,27)(H,25,28)/t15-/m1/s1. The molecule has 0 spiro atoms. The average Bonchev–Trinajstić information content (AvgIpc) is 2.93. The number of amides is 1. The van der Waals surface area contributed by atoms with Crippen molar-refractivity contribution in [1.29, 1.82) is 0 Å². The van der Waals surface area contributed by atoms with Crippen LogP contribution in [0.2, 0.25) is 0 Å². The van der Waals surface area contributed by atoms with Crippen LogP contribution in [-0.4, -0.2) is 20.3 Å². The summed E-state index contributed by atoms with van der Waals surface area (Å²) < 4.78 is 2.02. The van der Waals surface area contributed by atoms with Gasteiger partial charge in [-0.1, -0.05) is 24.3 Å². The molecule has 0 unspecified atom stereocenters. The first-order chi connectivity index (χ1) is 13.5. The highest BCUT2D eigenvalue weighted by atomic mass is 16.1. The number of nitrogens with one attached hydrogen (secondary N) is 2. The Bertz CT molecular complexity index is 1320. The van der Waals surface area contributed by atoms with Gasteiger partial charge in [-0.15, -0.1) is 0 Å². The molecule has 1 aliphatic heterocycles. The lowest BCUT2D eigenvalue weighted by molar-refractivity contribution is -0.121. The number of H-pyrrole nitrogens is 1. The molecule has 4 aromatic rings. The van der Waals surface area contributed by atoms with Crippen LogP contribution in [0, 0.1) is 13.8 Å². The molecule has 1 aliphatic rings. The van der Waals surface area contributed by atoms with Crippen LogP contribution in [0.5, 0.6) is 0 Å². The molecule has 1 amide bonds. The number of aromatic amines is 1. The number of para-hydroxylation sites is 1. The zero-order valence-electron chi connectivity index (χ0n) is 15.7. The number of imidazole rings is 1. The summed E-state index contributed by atoms with van der Waals surface area (Å²) in [5, 5.41) is 3.88. The third kappa shape index (κ3) is 2.52. The Hall–Kier alpha value is -3.41. The molecule has 0 saturated heterocycles. The van der Waals surface area contributed by atoms with Gasteiger partial charge in [0.2, 0.25) is 5.91 Å². The Morgan fingerprint density at radius 2 is 2.00 bits per heavy atom. The zero-order chi connectivity index (χ0) is 19.4. The van der Waals surface area contributed by atoms with Gasteiger partial charge in [0.05, 0.1) is 23.4 Å². The second kappa shape index (κ2) is 6.05. The predicted octanol–water partition coefficient (Wildman–Crippen LogP) is 2.94. The van der Waals surface area contributed by atoms with Crippen LogP contribution in [-0.2, 0) is 11.3 Å². The van der Waals surface area contributed by atoms with Crippen molar-refractivity contribution in [2.75, 3.05) is 0 Å². The van der Waals surface area contributed by atoms with Gasteiger partial charge in [0.1, 0.15) is 5.65 Å². The van der Waals surface area contributed by atoms with E-state index in [1.807, 2.05) is 60.8 Å². The van der Waals surface area contributed by atoms with E-state index in [4.69, 9.17) is 4.98 Å². The maximum atomic E-state index is 13.0. The van der Waals surface area contributed by atoms with Gasteiger partial charge in [0, 0.05) is 24.1 Å². The molecule has 0 bridgehead atoms. The quantitative estimate of drug-likeness (QED) is 0.539. The van der Waals surface area contributed by atoms with E-state index in [1.54, 1.807) is 0 Å². The minimum Gasteiger partial charge on any atom is -0.350 e. The predicted molar refractivity (Wildman–Crippen MR) is 108 cm³/mol. The topological polar surface area (TPSA) is 79.3 Å². The molecule has 6 nitrogen and oxygen atoms in total. The van der Waals surface area contributed by atoms with E-state index in [9.17, 15) is 9.59 Å². The Kier molecular flexibility index (Phi) is 3.62. The molecule has 0 saturated carbocycles. The summed E-state index contributed by atoms with van der Waals surface area (Å²) in [6.45, 7) is 4.37. The SMILES string of the molecule is Cc1ccc2nc3c(n2c1)[C@@H](c1cc2cccc(C)c2[nH]c1=O)CC(=O)NC3. The van der Waals surface area contributed by atoms with E-state index in [-0.39, 0.29) is 23.8 Å². The van der Waals surface area contributed by atoms with E-state index in [0.717, 1.165) is 39.1 Å². The summed E-state index contributed by atoms with van der Waals surface area (Å²) in [6, 6.07) is 11.8. The van der Waals surface area contributed by atoms with Crippen molar-refractivity contribution < 1.29 is 4.79 Å². The minimum absolute atomic E-state index is 0.0758. The van der Waals surface area contributed by atoms with Gasteiger partial charge in [0.15, 0.2) is 0 Å². The summed E-state index contributed by atoms with van der Waals surface area (Å²) >= 11 is 0. The van der Waals surface area contributed by atoms with Gasteiger partial charge >= 0.3 is 0 Å². The van der Waals surface area contributed by atoms with Crippen LogP contribution in [0.4, 0.5) is 0 Å². The van der Waals surface area contributed by atoms with Crippen LogP contribution in [0.15, 0.2) is 47.4 Å². The van der Waals surface area contributed by atoms with E-state index in [0.29, 0.717) is 12.1 Å².